The molecule has 0 fully saturated rings. The van der Waals surface area contributed by atoms with Gasteiger partial charge in [-0.25, -0.2) is 9.59 Å². The Morgan fingerprint density at radius 2 is 0.650 bits per heavy atom. The Morgan fingerprint density at radius 1 is 0.367 bits per heavy atom. The van der Waals surface area contributed by atoms with E-state index >= 15 is 0 Å². The summed E-state index contributed by atoms with van der Waals surface area (Å²) >= 11 is 7.01. The Kier molecular flexibility index (Phi) is 13.0. The van der Waals surface area contributed by atoms with Crippen LogP contribution in [-0.2, 0) is 0 Å². The van der Waals surface area contributed by atoms with Crippen molar-refractivity contribution in [3.05, 3.63) is 225 Å². The van der Waals surface area contributed by atoms with Crippen molar-refractivity contribution in [2.45, 2.75) is 13.8 Å². The van der Waals surface area contributed by atoms with Gasteiger partial charge in [0.05, 0.1) is 11.1 Å². The van der Waals surface area contributed by atoms with Crippen LogP contribution in [0.3, 0.4) is 0 Å². The smallest absolute Gasteiger partial charge is 0.335 e. The Labute approximate surface area is 366 Å². The summed E-state index contributed by atoms with van der Waals surface area (Å²) in [6.45, 7) is 3.82. The molecule has 0 aliphatic carbocycles. The van der Waals surface area contributed by atoms with E-state index in [9.17, 15) is 19.8 Å². The number of hydrogen-bond donors (Lipinski definition) is 2. The van der Waals surface area contributed by atoms with E-state index in [0.717, 1.165) is 76.5 Å². The Bertz CT molecular complexity index is 2640. The van der Waals surface area contributed by atoms with Crippen LogP contribution in [0.1, 0.15) is 31.8 Å². The lowest BCUT2D eigenvalue weighted by molar-refractivity contribution is 0.0686. The third-order valence-electron chi connectivity index (χ3n) is 9.76. The average Bonchev–Trinajstić information content (AvgIpc) is 3.26. The van der Waals surface area contributed by atoms with Crippen LogP contribution in [0, 0.1) is 13.8 Å². The van der Waals surface area contributed by atoms with Crippen LogP contribution in [0.5, 0.6) is 0 Å². The van der Waals surface area contributed by atoms with E-state index in [-0.39, 0.29) is 0 Å². The maximum absolute atomic E-state index is 11.4. The van der Waals surface area contributed by atoms with Gasteiger partial charge in [0.1, 0.15) is 0 Å². The third-order valence-corrected chi connectivity index (χ3v) is 10.8. The van der Waals surface area contributed by atoms with Gasteiger partial charge in [-0.05, 0) is 169 Å². The number of nitrogens with zero attached hydrogens (tertiary/aromatic N) is 2. The molecule has 0 saturated carbocycles. The summed E-state index contributed by atoms with van der Waals surface area (Å²) in [6, 6.07) is 64.0. The molecule has 0 spiro atoms. The first-order valence-corrected chi connectivity index (χ1v) is 20.7. The summed E-state index contributed by atoms with van der Waals surface area (Å²) in [5.41, 5.74) is 12.5. The summed E-state index contributed by atoms with van der Waals surface area (Å²) < 4.78 is 2.05. The van der Waals surface area contributed by atoms with E-state index in [2.05, 4.69) is 114 Å². The fourth-order valence-electron chi connectivity index (χ4n) is 6.98. The van der Waals surface area contributed by atoms with Crippen molar-refractivity contribution in [3.8, 4) is 22.3 Å². The number of hydrogen-bond acceptors (Lipinski definition) is 4. The summed E-state index contributed by atoms with van der Waals surface area (Å²) in [4.78, 5) is 27.2. The number of anilines is 6. The molecule has 0 bridgehead atoms. The number of carbonyl (C=O) groups is 2. The van der Waals surface area contributed by atoms with Crippen LogP contribution in [-0.4, -0.2) is 22.2 Å². The molecular weight excluding hydrogens is 876 g/mol. The van der Waals surface area contributed by atoms with Gasteiger partial charge in [-0.2, -0.15) is 0 Å². The molecule has 0 amide bonds. The van der Waals surface area contributed by atoms with E-state index < -0.39 is 11.9 Å². The highest BCUT2D eigenvalue weighted by Crippen LogP contribution is 2.38. The fourth-order valence-corrected chi connectivity index (χ4v) is 7.51. The van der Waals surface area contributed by atoms with Gasteiger partial charge in [-0.15, -0.1) is 0 Å². The molecule has 0 atom stereocenters. The molecule has 8 aromatic rings. The molecule has 2 N–H and O–H groups in total. The Hall–Kier alpha value is -6.74. The first-order chi connectivity index (χ1) is 29.0. The van der Waals surface area contributed by atoms with E-state index in [1.165, 1.54) is 0 Å². The van der Waals surface area contributed by atoms with Crippen LogP contribution < -0.4 is 9.80 Å². The van der Waals surface area contributed by atoms with Crippen molar-refractivity contribution < 1.29 is 19.8 Å². The van der Waals surface area contributed by atoms with Crippen molar-refractivity contribution >= 4 is 77.9 Å². The minimum absolute atomic E-state index is 0.297. The zero-order chi connectivity index (χ0) is 42.2. The lowest BCUT2D eigenvalue weighted by Crippen LogP contribution is -2.09. The Morgan fingerprint density at radius 3 is 0.950 bits per heavy atom. The summed E-state index contributed by atoms with van der Waals surface area (Å²) in [5.74, 6) is -1.83. The minimum Gasteiger partial charge on any atom is -0.478 e. The first-order valence-electron chi connectivity index (χ1n) is 19.1. The topological polar surface area (TPSA) is 81.1 Å². The highest BCUT2D eigenvalue weighted by Gasteiger charge is 2.15. The number of carboxylic acids is 2. The van der Waals surface area contributed by atoms with Crippen molar-refractivity contribution in [1.82, 2.24) is 0 Å². The molecular formula is C52H40Br2N2O4. The maximum atomic E-state index is 11.4. The average molecular weight is 917 g/mol. The minimum atomic E-state index is -0.918. The maximum Gasteiger partial charge on any atom is 0.335 e. The number of halogens is 2. The highest BCUT2D eigenvalue weighted by atomic mass is 79.9. The van der Waals surface area contributed by atoms with E-state index in [0.29, 0.717) is 11.1 Å². The van der Waals surface area contributed by atoms with Crippen LogP contribution in [0.15, 0.2) is 203 Å². The molecule has 60 heavy (non-hydrogen) atoms. The van der Waals surface area contributed by atoms with Gasteiger partial charge in [0.15, 0.2) is 0 Å². The second-order valence-electron chi connectivity index (χ2n) is 14.2. The summed E-state index contributed by atoms with van der Waals surface area (Å²) in [7, 11) is 0. The van der Waals surface area contributed by atoms with Gasteiger partial charge < -0.3 is 20.0 Å². The molecule has 8 aromatic carbocycles. The lowest BCUT2D eigenvalue weighted by atomic mass is 10.00. The molecule has 0 saturated heterocycles. The third kappa shape index (κ3) is 10.1. The second kappa shape index (κ2) is 18.9. The van der Waals surface area contributed by atoms with Gasteiger partial charge in [0.25, 0.3) is 0 Å². The fraction of sp³-hybridized carbons (Fsp3) is 0.0385. The van der Waals surface area contributed by atoms with E-state index in [1.54, 1.807) is 24.3 Å². The molecule has 0 aliphatic rings. The molecule has 0 aliphatic heterocycles. The zero-order valence-electron chi connectivity index (χ0n) is 32.8. The predicted octanol–water partition coefficient (Wildman–Crippen LogP) is 15.2. The number of carboxylic acid groups (broad SMARTS) is 2. The second-order valence-corrected chi connectivity index (χ2v) is 16.0. The largest absolute Gasteiger partial charge is 0.478 e. The predicted molar refractivity (Wildman–Crippen MR) is 252 cm³/mol. The lowest BCUT2D eigenvalue weighted by Gasteiger charge is -2.26. The quantitative estimate of drug-likeness (QED) is 0.142. The highest BCUT2D eigenvalue weighted by molar-refractivity contribution is 9.10. The number of aryl methyl sites for hydroxylation is 2. The van der Waals surface area contributed by atoms with Crippen molar-refractivity contribution in [1.29, 1.82) is 0 Å². The molecule has 8 rings (SSSR count). The summed E-state index contributed by atoms with van der Waals surface area (Å²) in [5, 5.41) is 18.7. The van der Waals surface area contributed by atoms with Crippen LogP contribution in [0.2, 0.25) is 0 Å². The SMILES string of the molecule is Cc1cc(C(=O)O)cc(-c2ccc(N(c3ccc(Br)cc3)c3ccc(Br)cc3)cc2)c1.Cc1cc(C(=O)O)cc(-c2ccc(N(c3ccccc3)c3ccccc3)cc2)c1. The molecule has 0 radical (unpaired) electrons. The van der Waals surface area contributed by atoms with Crippen molar-refractivity contribution in [3.63, 3.8) is 0 Å². The van der Waals surface area contributed by atoms with Crippen LogP contribution in [0.25, 0.3) is 22.3 Å². The normalized spacial score (nSPS) is 10.6. The monoisotopic (exact) mass is 914 g/mol. The van der Waals surface area contributed by atoms with Crippen LogP contribution in [0.4, 0.5) is 34.1 Å². The van der Waals surface area contributed by atoms with Gasteiger partial charge >= 0.3 is 11.9 Å². The van der Waals surface area contributed by atoms with Gasteiger partial charge in [0, 0.05) is 43.1 Å². The molecule has 0 aromatic heterocycles. The van der Waals surface area contributed by atoms with Gasteiger partial charge in [-0.3, -0.25) is 0 Å². The van der Waals surface area contributed by atoms with Crippen LogP contribution >= 0.6 is 31.9 Å². The van der Waals surface area contributed by atoms with Crippen molar-refractivity contribution in [2.24, 2.45) is 0 Å². The molecule has 296 valence electrons. The van der Waals surface area contributed by atoms with Gasteiger partial charge in [0.2, 0.25) is 0 Å². The number of benzene rings is 8. The van der Waals surface area contributed by atoms with E-state index in [4.69, 9.17) is 0 Å². The molecule has 0 unspecified atom stereocenters. The van der Waals surface area contributed by atoms with Crippen molar-refractivity contribution in [2.75, 3.05) is 9.80 Å². The number of rotatable bonds is 10. The Balaban J connectivity index is 0.000000182. The van der Waals surface area contributed by atoms with E-state index in [1.807, 2.05) is 111 Å². The first kappa shape index (κ1) is 41.4. The summed E-state index contributed by atoms with van der Waals surface area (Å²) in [6.07, 6.45) is 0. The molecule has 8 heteroatoms. The molecule has 0 heterocycles. The van der Waals surface area contributed by atoms with Gasteiger partial charge in [-0.1, -0.05) is 105 Å². The number of para-hydroxylation sites is 2. The zero-order valence-corrected chi connectivity index (χ0v) is 36.0. The standard InChI is InChI=1S/C26H19Br2NO2.C26H21NO2/c1-17-14-19(16-20(15-17)26(30)31)18-2-8-23(9-3-18)29(24-10-4-21(27)5-11-24)25-12-6-22(28)7-13-25;1-19-16-21(18-22(17-19)26(28)29)20-12-14-25(15-13-20)27(23-8-4-2-5-9-23)24-10-6-3-7-11-24/h2-16H,1H3,(H,30,31);2-18H,1H3,(H,28,29). The molecule has 6 nitrogen and oxygen atoms in total. The number of aromatic carboxylic acids is 2.